The lowest BCUT2D eigenvalue weighted by Gasteiger charge is -2.02. The number of nitrogens with two attached hydrogens (primary N) is 1. The van der Waals surface area contributed by atoms with Crippen LogP contribution in [0.2, 0.25) is 0 Å². The number of aromatic nitrogens is 1. The second-order valence-electron chi connectivity index (χ2n) is 3.59. The predicted molar refractivity (Wildman–Crippen MR) is 73.5 cm³/mol. The predicted octanol–water partition coefficient (Wildman–Crippen LogP) is 1.41. The molecule has 0 aliphatic carbocycles. The van der Waals surface area contributed by atoms with Crippen LogP contribution in [0.4, 0.5) is 15.2 Å². The first-order valence-electron chi connectivity index (χ1n) is 5.13. The Labute approximate surface area is 113 Å². The van der Waals surface area contributed by atoms with E-state index in [4.69, 9.17) is 5.73 Å². The van der Waals surface area contributed by atoms with E-state index in [-0.39, 0.29) is 10.7 Å². The van der Waals surface area contributed by atoms with E-state index >= 15 is 0 Å². The number of nitrogens with zero attached hydrogens (tertiary/aromatic N) is 1. The number of benzene rings is 1. The summed E-state index contributed by atoms with van der Waals surface area (Å²) < 4.78 is 40.5. The van der Waals surface area contributed by atoms with Crippen LogP contribution in [-0.2, 0) is 10.2 Å². The van der Waals surface area contributed by atoms with Crippen LogP contribution >= 0.6 is 11.3 Å². The highest BCUT2D eigenvalue weighted by Crippen LogP contribution is 2.28. The van der Waals surface area contributed by atoms with Crippen molar-refractivity contribution in [2.45, 2.75) is 0 Å². The fraction of sp³-hybridized carbons (Fsp3) is 0.100. The first-order valence-corrected chi connectivity index (χ1v) is 7.50. The van der Waals surface area contributed by atoms with Crippen molar-refractivity contribution in [1.82, 2.24) is 9.71 Å². The monoisotopic (exact) mass is 302 g/mol. The van der Waals surface area contributed by atoms with Gasteiger partial charge in [0, 0.05) is 23.7 Å². The summed E-state index contributed by atoms with van der Waals surface area (Å²) in [6.07, 6.45) is 0. The van der Waals surface area contributed by atoms with Gasteiger partial charge in [0.15, 0.2) is 5.13 Å². The Morgan fingerprint density at radius 1 is 1.42 bits per heavy atom. The minimum Gasteiger partial charge on any atom is -0.399 e. The van der Waals surface area contributed by atoms with Crippen molar-refractivity contribution in [1.29, 1.82) is 0 Å². The number of nitrogen functional groups attached to an aromatic ring is 1. The zero-order valence-electron chi connectivity index (χ0n) is 9.84. The molecule has 0 unspecified atom stereocenters. The Bertz CT molecular complexity index is 699. The summed E-state index contributed by atoms with van der Waals surface area (Å²) in [7, 11) is -2.35. The van der Waals surface area contributed by atoms with Crippen LogP contribution in [0.1, 0.15) is 0 Å². The van der Waals surface area contributed by atoms with Crippen molar-refractivity contribution < 1.29 is 12.8 Å². The van der Waals surface area contributed by atoms with Crippen LogP contribution in [0.3, 0.4) is 0 Å². The lowest BCUT2D eigenvalue weighted by atomic mass is 10.1. The molecule has 4 N–H and O–H groups in total. The van der Waals surface area contributed by atoms with Crippen molar-refractivity contribution in [3.05, 3.63) is 29.4 Å². The largest absolute Gasteiger partial charge is 0.399 e. The minimum atomic E-state index is -3.62. The molecule has 1 aromatic carbocycles. The number of hydrogen-bond acceptors (Lipinski definition) is 5. The highest BCUT2D eigenvalue weighted by atomic mass is 32.2. The second-order valence-corrected chi connectivity index (χ2v) is 6.06. The molecule has 0 amide bonds. The van der Waals surface area contributed by atoms with Gasteiger partial charge in [-0.2, -0.15) is 8.42 Å². The lowest BCUT2D eigenvalue weighted by molar-refractivity contribution is 0.593. The quantitative estimate of drug-likeness (QED) is 0.744. The second kappa shape index (κ2) is 5.11. The molecule has 9 heteroatoms. The topological polar surface area (TPSA) is 97.1 Å². The van der Waals surface area contributed by atoms with E-state index in [1.165, 1.54) is 19.2 Å². The average molecular weight is 302 g/mol. The molecule has 2 rings (SSSR count). The number of thiazole rings is 1. The van der Waals surface area contributed by atoms with Crippen LogP contribution in [0, 0.1) is 5.82 Å². The Hall–Kier alpha value is -1.71. The molecule has 1 aromatic heterocycles. The van der Waals surface area contributed by atoms with E-state index in [9.17, 15) is 12.8 Å². The van der Waals surface area contributed by atoms with Gasteiger partial charge in [0.2, 0.25) is 0 Å². The molecule has 0 saturated carbocycles. The molecule has 102 valence electrons. The molecule has 0 atom stereocenters. The van der Waals surface area contributed by atoms with Gasteiger partial charge in [0.05, 0.1) is 5.69 Å². The van der Waals surface area contributed by atoms with Crippen LogP contribution in [0.5, 0.6) is 0 Å². The number of anilines is 2. The van der Waals surface area contributed by atoms with Crippen molar-refractivity contribution in [2.24, 2.45) is 0 Å². The van der Waals surface area contributed by atoms with Crippen LogP contribution in [-0.4, -0.2) is 20.4 Å². The van der Waals surface area contributed by atoms with Crippen molar-refractivity contribution in [3.8, 4) is 11.3 Å². The van der Waals surface area contributed by atoms with Crippen molar-refractivity contribution in [2.75, 3.05) is 17.5 Å². The third-order valence-electron chi connectivity index (χ3n) is 2.26. The summed E-state index contributed by atoms with van der Waals surface area (Å²) >= 11 is 1.06. The molecule has 6 nitrogen and oxygen atoms in total. The van der Waals surface area contributed by atoms with E-state index in [1.54, 1.807) is 11.4 Å². The Morgan fingerprint density at radius 3 is 2.79 bits per heavy atom. The van der Waals surface area contributed by atoms with E-state index < -0.39 is 16.0 Å². The molecule has 0 aliphatic heterocycles. The Kier molecular flexibility index (Phi) is 3.69. The van der Waals surface area contributed by atoms with Gasteiger partial charge >= 0.3 is 10.2 Å². The number of hydrogen-bond donors (Lipinski definition) is 3. The van der Waals surface area contributed by atoms with E-state index in [1.807, 2.05) is 0 Å². The number of halogens is 1. The smallest absolute Gasteiger partial charge is 0.300 e. The number of nitrogens with one attached hydrogen (secondary N) is 2. The van der Waals surface area contributed by atoms with Gasteiger partial charge in [-0.05, 0) is 18.2 Å². The first-order chi connectivity index (χ1) is 8.91. The summed E-state index contributed by atoms with van der Waals surface area (Å²) in [5.74, 6) is -0.506. The van der Waals surface area contributed by atoms with Crippen molar-refractivity contribution in [3.63, 3.8) is 0 Å². The fourth-order valence-electron chi connectivity index (χ4n) is 1.35. The summed E-state index contributed by atoms with van der Waals surface area (Å²) in [6, 6.07) is 4.23. The molecule has 0 spiro atoms. The molecule has 0 radical (unpaired) electrons. The Morgan fingerprint density at radius 2 is 2.16 bits per heavy atom. The van der Waals surface area contributed by atoms with Crippen LogP contribution in [0.15, 0.2) is 23.6 Å². The molecule has 1 heterocycles. The molecule has 0 fully saturated rings. The fourth-order valence-corrected chi connectivity index (χ4v) is 2.80. The zero-order chi connectivity index (χ0) is 14.0. The van der Waals surface area contributed by atoms with E-state index in [2.05, 4.69) is 14.4 Å². The van der Waals surface area contributed by atoms with Crippen LogP contribution in [0.25, 0.3) is 11.3 Å². The summed E-state index contributed by atoms with van der Waals surface area (Å²) in [4.78, 5) is 4.01. The summed E-state index contributed by atoms with van der Waals surface area (Å²) in [6.45, 7) is 0. The molecule has 0 saturated heterocycles. The van der Waals surface area contributed by atoms with Crippen LogP contribution < -0.4 is 15.2 Å². The van der Waals surface area contributed by atoms with Crippen molar-refractivity contribution >= 4 is 32.4 Å². The minimum absolute atomic E-state index is 0.153. The van der Waals surface area contributed by atoms with Gasteiger partial charge in [-0.15, -0.1) is 11.3 Å². The highest BCUT2D eigenvalue weighted by molar-refractivity contribution is 7.91. The average Bonchev–Trinajstić information content (AvgIpc) is 2.76. The molecule has 0 bridgehead atoms. The summed E-state index contributed by atoms with van der Waals surface area (Å²) in [5, 5.41) is 1.71. The van der Waals surface area contributed by atoms with E-state index in [0.29, 0.717) is 11.4 Å². The molecular weight excluding hydrogens is 291 g/mol. The third kappa shape index (κ3) is 3.19. The Balaban J connectivity index is 2.31. The normalized spacial score (nSPS) is 11.5. The van der Waals surface area contributed by atoms with Gasteiger partial charge in [0.1, 0.15) is 5.82 Å². The molecule has 0 aliphatic rings. The SMILES string of the molecule is CNS(=O)(=O)Nc1nc(-c2ccc(N)cc2F)cs1. The zero-order valence-corrected chi connectivity index (χ0v) is 11.5. The maximum atomic E-state index is 13.7. The number of rotatable bonds is 4. The van der Waals surface area contributed by atoms with Gasteiger partial charge < -0.3 is 5.73 Å². The van der Waals surface area contributed by atoms with E-state index in [0.717, 1.165) is 11.3 Å². The highest BCUT2D eigenvalue weighted by Gasteiger charge is 2.13. The van der Waals surface area contributed by atoms with Gasteiger partial charge in [-0.25, -0.2) is 18.8 Å². The first kappa shape index (κ1) is 13.7. The molecule has 2 aromatic rings. The standard InChI is InChI=1S/C10H11FN4O2S2/c1-13-19(16,17)15-10-14-9(5-18-10)7-3-2-6(12)4-8(7)11/h2-5,13H,12H2,1H3,(H,14,15). The van der Waals surface area contributed by atoms with Gasteiger partial charge in [0.25, 0.3) is 0 Å². The molecular formula is C10H11FN4O2S2. The summed E-state index contributed by atoms with van der Waals surface area (Å²) in [5.41, 5.74) is 6.37. The van der Waals surface area contributed by atoms with Gasteiger partial charge in [-0.1, -0.05) is 0 Å². The maximum absolute atomic E-state index is 13.7. The van der Waals surface area contributed by atoms with Gasteiger partial charge in [-0.3, -0.25) is 0 Å². The lowest BCUT2D eigenvalue weighted by Crippen LogP contribution is -2.26. The molecule has 19 heavy (non-hydrogen) atoms. The maximum Gasteiger partial charge on any atom is 0.300 e. The third-order valence-corrected chi connectivity index (χ3v) is 4.15.